The van der Waals surface area contributed by atoms with Gasteiger partial charge in [-0.3, -0.25) is 10.2 Å². The van der Waals surface area contributed by atoms with Crippen LogP contribution in [0.1, 0.15) is 35.8 Å². The molecular weight excluding hydrogens is 378 g/mol. The van der Waals surface area contributed by atoms with Gasteiger partial charge in [0, 0.05) is 18.5 Å². The molecule has 0 saturated heterocycles. The van der Waals surface area contributed by atoms with E-state index in [2.05, 4.69) is 10.3 Å². The van der Waals surface area contributed by atoms with Gasteiger partial charge in [0.1, 0.15) is 10.6 Å². The highest BCUT2D eigenvalue weighted by Gasteiger charge is 2.19. The number of fused-ring (bicyclic) bond motifs is 1. The van der Waals surface area contributed by atoms with Gasteiger partial charge in [0.05, 0.1) is 10.4 Å². The Balaban J connectivity index is 1.84. The third-order valence-electron chi connectivity index (χ3n) is 3.60. The molecule has 3 aromatic rings. The van der Waals surface area contributed by atoms with E-state index in [0.717, 1.165) is 17.0 Å². The predicted octanol–water partition coefficient (Wildman–Crippen LogP) is 3.80. The molecule has 0 aliphatic rings. The van der Waals surface area contributed by atoms with Crippen molar-refractivity contribution in [2.75, 3.05) is 17.3 Å². The number of nitrogens with zero attached hydrogens (tertiary/aromatic N) is 2. The second kappa shape index (κ2) is 6.89. The lowest BCUT2D eigenvalue weighted by atomic mass is 10.2. The average Bonchev–Trinajstić information content (AvgIpc) is 3.19. The van der Waals surface area contributed by atoms with Crippen LogP contribution in [0, 0.1) is 0 Å². The second-order valence-electron chi connectivity index (χ2n) is 5.79. The fourth-order valence-corrected chi connectivity index (χ4v) is 3.95. The van der Waals surface area contributed by atoms with E-state index < -0.39 is 23.2 Å². The van der Waals surface area contributed by atoms with E-state index in [1.807, 2.05) is 19.2 Å². The number of aromatic carboxylic acids is 1. The summed E-state index contributed by atoms with van der Waals surface area (Å²) in [7, 11) is 1.56. The zero-order valence-corrected chi connectivity index (χ0v) is 15.7. The van der Waals surface area contributed by atoms with Crippen LogP contribution >= 0.6 is 22.7 Å². The molecule has 3 rings (SSSR count). The van der Waals surface area contributed by atoms with E-state index in [4.69, 9.17) is 9.52 Å². The standard InChI is InChI=1S/C16H15N3O5S2/c1-7(2)9-6-25-15(17-9)18-16(23)19(3)12-5-10-11(26-12)4-8(13(20)21)14(22)24-10/h4-7H,1-3H3,(H,20,21)(H,17,18,23). The lowest BCUT2D eigenvalue weighted by molar-refractivity contribution is 0.0692. The highest BCUT2D eigenvalue weighted by atomic mass is 32.1. The average molecular weight is 393 g/mol. The highest BCUT2D eigenvalue weighted by molar-refractivity contribution is 7.22. The van der Waals surface area contributed by atoms with E-state index in [-0.39, 0.29) is 11.5 Å². The Morgan fingerprint density at radius 2 is 2.08 bits per heavy atom. The van der Waals surface area contributed by atoms with Crippen molar-refractivity contribution in [1.29, 1.82) is 0 Å². The molecule has 0 atom stereocenters. The van der Waals surface area contributed by atoms with Gasteiger partial charge in [-0.15, -0.1) is 22.7 Å². The Kier molecular flexibility index (Phi) is 4.79. The van der Waals surface area contributed by atoms with Crippen LogP contribution in [0.3, 0.4) is 0 Å². The van der Waals surface area contributed by atoms with E-state index in [1.54, 1.807) is 7.05 Å². The van der Waals surface area contributed by atoms with Gasteiger partial charge in [-0.25, -0.2) is 19.4 Å². The molecule has 26 heavy (non-hydrogen) atoms. The zero-order valence-electron chi connectivity index (χ0n) is 14.1. The van der Waals surface area contributed by atoms with Gasteiger partial charge in [-0.05, 0) is 12.0 Å². The fourth-order valence-electron chi connectivity index (χ4n) is 2.10. The summed E-state index contributed by atoms with van der Waals surface area (Å²) in [5.74, 6) is -1.09. The van der Waals surface area contributed by atoms with E-state index in [0.29, 0.717) is 14.8 Å². The highest BCUT2D eigenvalue weighted by Crippen LogP contribution is 2.32. The molecular formula is C16H15N3O5S2. The van der Waals surface area contributed by atoms with Crippen molar-refractivity contribution < 1.29 is 19.1 Å². The number of rotatable bonds is 4. The summed E-state index contributed by atoms with van der Waals surface area (Å²) in [6, 6.07) is 2.37. The van der Waals surface area contributed by atoms with Crippen molar-refractivity contribution in [3.63, 3.8) is 0 Å². The molecule has 3 heterocycles. The van der Waals surface area contributed by atoms with Crippen LogP contribution in [-0.4, -0.2) is 29.1 Å². The van der Waals surface area contributed by atoms with Crippen LogP contribution < -0.4 is 15.8 Å². The SMILES string of the molecule is CC(C)c1csc(NC(=O)N(C)c2cc3oc(=O)c(C(=O)O)cc3s2)n1. The number of carbonyl (C=O) groups excluding carboxylic acids is 1. The third-order valence-corrected chi connectivity index (χ3v) is 5.52. The molecule has 0 radical (unpaired) electrons. The monoisotopic (exact) mass is 393 g/mol. The maximum Gasteiger partial charge on any atom is 0.351 e. The number of thiazole rings is 1. The van der Waals surface area contributed by atoms with Crippen LogP contribution in [0.4, 0.5) is 14.9 Å². The first-order chi connectivity index (χ1) is 12.3. The summed E-state index contributed by atoms with van der Waals surface area (Å²) >= 11 is 2.49. The molecule has 10 heteroatoms. The normalized spacial score (nSPS) is 11.1. The molecule has 0 aliphatic carbocycles. The molecule has 136 valence electrons. The van der Waals surface area contributed by atoms with Crippen molar-refractivity contribution in [3.8, 4) is 0 Å². The first kappa shape index (κ1) is 18.1. The quantitative estimate of drug-likeness (QED) is 0.697. The van der Waals surface area contributed by atoms with Crippen molar-refractivity contribution in [2.45, 2.75) is 19.8 Å². The van der Waals surface area contributed by atoms with Crippen LogP contribution in [0.25, 0.3) is 10.3 Å². The first-order valence-electron chi connectivity index (χ1n) is 7.57. The van der Waals surface area contributed by atoms with Gasteiger partial charge in [0.15, 0.2) is 10.7 Å². The van der Waals surface area contributed by atoms with E-state index in [1.165, 1.54) is 28.4 Å². The minimum Gasteiger partial charge on any atom is -0.477 e. The van der Waals surface area contributed by atoms with Gasteiger partial charge in [-0.1, -0.05) is 13.8 Å². The number of thiophene rings is 1. The van der Waals surface area contributed by atoms with Crippen LogP contribution in [0.2, 0.25) is 0 Å². The summed E-state index contributed by atoms with van der Waals surface area (Å²) in [4.78, 5) is 40.8. The number of amides is 2. The fraction of sp³-hybridized carbons (Fsp3) is 0.250. The van der Waals surface area contributed by atoms with Gasteiger partial charge < -0.3 is 9.52 Å². The molecule has 2 N–H and O–H groups in total. The van der Waals surface area contributed by atoms with Crippen molar-refractivity contribution in [3.05, 3.63) is 39.2 Å². The van der Waals surface area contributed by atoms with Crippen molar-refractivity contribution in [1.82, 2.24) is 4.98 Å². The third kappa shape index (κ3) is 3.46. The molecule has 0 aliphatic heterocycles. The molecule has 0 fully saturated rings. The number of hydrogen-bond acceptors (Lipinski definition) is 7. The van der Waals surface area contributed by atoms with E-state index in [9.17, 15) is 14.4 Å². The summed E-state index contributed by atoms with van der Waals surface area (Å²) in [6.45, 7) is 4.03. The van der Waals surface area contributed by atoms with Crippen LogP contribution in [-0.2, 0) is 0 Å². The number of carboxylic acid groups (broad SMARTS) is 1. The number of anilines is 2. The summed E-state index contributed by atoms with van der Waals surface area (Å²) < 4.78 is 5.48. The van der Waals surface area contributed by atoms with Gasteiger partial charge >= 0.3 is 17.6 Å². The lowest BCUT2D eigenvalue weighted by Crippen LogP contribution is -2.30. The smallest absolute Gasteiger partial charge is 0.351 e. The Morgan fingerprint density at radius 1 is 1.35 bits per heavy atom. The Bertz CT molecular complexity index is 1050. The van der Waals surface area contributed by atoms with Gasteiger partial charge in [-0.2, -0.15) is 0 Å². The maximum atomic E-state index is 12.4. The molecule has 0 saturated carbocycles. The number of carboxylic acids is 1. The predicted molar refractivity (Wildman–Crippen MR) is 101 cm³/mol. The zero-order chi connectivity index (χ0) is 19.0. The van der Waals surface area contributed by atoms with Crippen molar-refractivity contribution in [2.24, 2.45) is 0 Å². The number of nitrogens with one attached hydrogen (secondary N) is 1. The van der Waals surface area contributed by atoms with Gasteiger partial charge in [0.2, 0.25) is 0 Å². The lowest BCUT2D eigenvalue weighted by Gasteiger charge is -2.14. The maximum absolute atomic E-state index is 12.4. The molecule has 0 unspecified atom stereocenters. The summed E-state index contributed by atoms with van der Waals surface area (Å²) in [6.07, 6.45) is 0. The molecule has 2 amide bonds. The largest absolute Gasteiger partial charge is 0.477 e. The van der Waals surface area contributed by atoms with E-state index >= 15 is 0 Å². The topological polar surface area (TPSA) is 113 Å². The number of urea groups is 1. The first-order valence-corrected chi connectivity index (χ1v) is 9.27. The molecule has 0 aromatic carbocycles. The minimum atomic E-state index is -1.36. The Morgan fingerprint density at radius 3 is 2.69 bits per heavy atom. The number of hydrogen-bond donors (Lipinski definition) is 2. The summed E-state index contributed by atoms with van der Waals surface area (Å²) in [5.41, 5.74) is -0.235. The molecule has 0 bridgehead atoms. The Labute approximate surface area is 155 Å². The van der Waals surface area contributed by atoms with Crippen LogP contribution in [0.5, 0.6) is 0 Å². The molecule has 3 aromatic heterocycles. The molecule has 8 nitrogen and oxygen atoms in total. The van der Waals surface area contributed by atoms with Crippen LogP contribution in [0.15, 0.2) is 26.7 Å². The minimum absolute atomic E-state index is 0.232. The second-order valence-corrected chi connectivity index (χ2v) is 7.71. The molecule has 0 spiro atoms. The van der Waals surface area contributed by atoms with Gasteiger partial charge in [0.25, 0.3) is 0 Å². The summed E-state index contributed by atoms with van der Waals surface area (Å²) in [5, 5.41) is 14.6. The number of aromatic nitrogens is 1. The Hall–Kier alpha value is -2.72. The number of carbonyl (C=O) groups is 2. The van der Waals surface area contributed by atoms with Crippen molar-refractivity contribution >= 4 is 55.1 Å².